The van der Waals surface area contributed by atoms with Crippen LogP contribution in [0.3, 0.4) is 0 Å². The Morgan fingerprint density at radius 1 is 1.35 bits per heavy atom. The molecule has 2 rings (SSSR count). The predicted octanol–water partition coefficient (Wildman–Crippen LogP) is 2.12. The Kier molecular flexibility index (Phi) is 2.95. The molecule has 0 saturated heterocycles. The van der Waals surface area contributed by atoms with Crippen LogP contribution in [0.25, 0.3) is 11.0 Å². The topological polar surface area (TPSA) is 67.5 Å². The molecule has 0 aliphatic rings. The summed E-state index contributed by atoms with van der Waals surface area (Å²) in [6.45, 7) is 1.84. The third-order valence-electron chi connectivity index (χ3n) is 2.64. The fraction of sp³-hybridized carbons (Fsp3) is 0.231. The van der Waals surface area contributed by atoms with Crippen LogP contribution in [0.15, 0.2) is 33.5 Å². The van der Waals surface area contributed by atoms with Crippen LogP contribution in [-0.2, 0) is 11.2 Å². The number of hydrogen-bond donors (Lipinski definition) is 1. The van der Waals surface area contributed by atoms with E-state index in [4.69, 9.17) is 9.52 Å². The fourth-order valence-corrected chi connectivity index (χ4v) is 1.78. The molecule has 0 amide bonds. The van der Waals surface area contributed by atoms with Crippen molar-refractivity contribution in [1.29, 1.82) is 0 Å². The Morgan fingerprint density at radius 2 is 2.12 bits per heavy atom. The second kappa shape index (κ2) is 4.41. The highest BCUT2D eigenvalue weighted by atomic mass is 16.4. The number of aryl methyl sites for hydroxylation is 2. The first-order chi connectivity index (χ1) is 8.06. The summed E-state index contributed by atoms with van der Waals surface area (Å²) in [5.41, 5.74) is 1.85. The van der Waals surface area contributed by atoms with Crippen molar-refractivity contribution in [3.63, 3.8) is 0 Å². The lowest BCUT2D eigenvalue weighted by Crippen LogP contribution is -2.00. The molecule has 1 N–H and O–H groups in total. The molecule has 0 unspecified atom stereocenters. The summed E-state index contributed by atoms with van der Waals surface area (Å²) in [5.74, 6) is -0.837. The molecule has 17 heavy (non-hydrogen) atoms. The molecule has 0 saturated carbocycles. The van der Waals surface area contributed by atoms with Gasteiger partial charge in [-0.2, -0.15) is 0 Å². The van der Waals surface area contributed by atoms with Gasteiger partial charge in [-0.15, -0.1) is 0 Å². The third-order valence-corrected chi connectivity index (χ3v) is 2.64. The Bertz CT molecular complexity index is 625. The van der Waals surface area contributed by atoms with Gasteiger partial charge < -0.3 is 9.52 Å². The van der Waals surface area contributed by atoms with Crippen molar-refractivity contribution in [2.75, 3.05) is 0 Å². The lowest BCUT2D eigenvalue weighted by atomic mass is 10.1. The first-order valence-electron chi connectivity index (χ1n) is 5.31. The van der Waals surface area contributed by atoms with E-state index >= 15 is 0 Å². The van der Waals surface area contributed by atoms with E-state index in [2.05, 4.69) is 0 Å². The van der Waals surface area contributed by atoms with E-state index in [1.165, 1.54) is 6.07 Å². The van der Waals surface area contributed by atoms with Gasteiger partial charge in [-0.05, 0) is 30.5 Å². The minimum Gasteiger partial charge on any atom is -0.481 e. The molecule has 1 aromatic heterocycles. The fourth-order valence-electron chi connectivity index (χ4n) is 1.78. The molecule has 0 bridgehead atoms. The van der Waals surface area contributed by atoms with Crippen molar-refractivity contribution < 1.29 is 14.3 Å². The van der Waals surface area contributed by atoms with E-state index in [9.17, 15) is 9.59 Å². The van der Waals surface area contributed by atoms with Crippen LogP contribution >= 0.6 is 0 Å². The molecule has 0 aliphatic heterocycles. The average Bonchev–Trinajstić information content (AvgIpc) is 2.25. The van der Waals surface area contributed by atoms with E-state index in [-0.39, 0.29) is 12.0 Å². The third kappa shape index (κ3) is 2.53. The zero-order chi connectivity index (χ0) is 12.4. The summed E-state index contributed by atoms with van der Waals surface area (Å²) >= 11 is 0. The number of carbonyl (C=O) groups is 1. The molecule has 4 heteroatoms. The number of carboxylic acid groups (broad SMARTS) is 1. The number of carboxylic acids is 1. The van der Waals surface area contributed by atoms with Crippen LogP contribution in [0.4, 0.5) is 0 Å². The molecule has 4 nitrogen and oxygen atoms in total. The largest absolute Gasteiger partial charge is 0.481 e. The summed E-state index contributed by atoms with van der Waals surface area (Å²) in [6.07, 6.45) is 0.504. The van der Waals surface area contributed by atoms with Gasteiger partial charge in [0.2, 0.25) is 0 Å². The molecule has 1 heterocycles. The molecule has 88 valence electrons. The zero-order valence-corrected chi connectivity index (χ0v) is 9.40. The van der Waals surface area contributed by atoms with Gasteiger partial charge in [-0.25, -0.2) is 4.79 Å². The monoisotopic (exact) mass is 232 g/mol. The summed E-state index contributed by atoms with van der Waals surface area (Å²) in [7, 11) is 0. The van der Waals surface area contributed by atoms with Gasteiger partial charge >= 0.3 is 11.6 Å². The summed E-state index contributed by atoms with van der Waals surface area (Å²) in [4.78, 5) is 21.7. The van der Waals surface area contributed by atoms with Gasteiger partial charge in [0.25, 0.3) is 0 Å². The maximum atomic E-state index is 11.2. The molecule has 0 fully saturated rings. The molecule has 0 radical (unpaired) electrons. The standard InChI is InChI=1S/C13H12O4/c1-8-6-13(16)17-11-7-9(2-4-10(8)11)3-5-12(14)15/h2,4,6-7H,3,5H2,1H3,(H,14,15). The molecular weight excluding hydrogens is 220 g/mol. The normalized spacial score (nSPS) is 10.6. The van der Waals surface area contributed by atoms with Crippen LogP contribution in [0.5, 0.6) is 0 Å². The van der Waals surface area contributed by atoms with Crippen molar-refractivity contribution in [1.82, 2.24) is 0 Å². The highest BCUT2D eigenvalue weighted by Gasteiger charge is 2.04. The number of hydrogen-bond acceptors (Lipinski definition) is 3. The molecule has 0 aliphatic carbocycles. The van der Waals surface area contributed by atoms with Crippen molar-refractivity contribution in [2.24, 2.45) is 0 Å². The molecule has 0 spiro atoms. The van der Waals surface area contributed by atoms with Crippen LogP contribution < -0.4 is 5.63 Å². The second-order valence-corrected chi connectivity index (χ2v) is 3.97. The second-order valence-electron chi connectivity index (χ2n) is 3.97. The van der Waals surface area contributed by atoms with Crippen molar-refractivity contribution in [2.45, 2.75) is 19.8 Å². The van der Waals surface area contributed by atoms with Gasteiger partial charge in [0, 0.05) is 17.9 Å². The molecule has 0 atom stereocenters. The molecule has 2 aromatic rings. The SMILES string of the molecule is Cc1cc(=O)oc2cc(CCC(=O)O)ccc12. The van der Waals surface area contributed by atoms with Gasteiger partial charge in [0.15, 0.2) is 0 Å². The Labute approximate surface area is 97.5 Å². The van der Waals surface area contributed by atoms with Gasteiger partial charge in [0.05, 0.1) is 0 Å². The van der Waals surface area contributed by atoms with Gasteiger partial charge in [-0.3, -0.25) is 4.79 Å². The average molecular weight is 232 g/mol. The first kappa shape index (κ1) is 11.4. The minimum atomic E-state index is -0.837. The highest BCUT2D eigenvalue weighted by molar-refractivity contribution is 5.80. The van der Waals surface area contributed by atoms with Crippen LogP contribution in [0, 0.1) is 6.92 Å². The minimum absolute atomic E-state index is 0.0710. The van der Waals surface area contributed by atoms with Gasteiger partial charge in [0.1, 0.15) is 5.58 Å². The Hall–Kier alpha value is -2.10. The van der Waals surface area contributed by atoms with E-state index in [1.54, 1.807) is 6.07 Å². The summed E-state index contributed by atoms with van der Waals surface area (Å²) in [6, 6.07) is 6.88. The predicted molar refractivity (Wildman–Crippen MR) is 63.2 cm³/mol. The number of benzene rings is 1. The van der Waals surface area contributed by atoms with E-state index in [0.717, 1.165) is 16.5 Å². The van der Waals surface area contributed by atoms with Crippen molar-refractivity contribution in [3.8, 4) is 0 Å². The van der Waals surface area contributed by atoms with E-state index in [0.29, 0.717) is 12.0 Å². The van der Waals surface area contributed by atoms with Crippen molar-refractivity contribution in [3.05, 3.63) is 45.8 Å². The van der Waals surface area contributed by atoms with E-state index < -0.39 is 5.97 Å². The van der Waals surface area contributed by atoms with Crippen molar-refractivity contribution >= 4 is 16.9 Å². The van der Waals surface area contributed by atoms with Crippen LogP contribution in [0.2, 0.25) is 0 Å². The van der Waals surface area contributed by atoms with Gasteiger partial charge in [-0.1, -0.05) is 12.1 Å². The quantitative estimate of drug-likeness (QED) is 0.823. The Balaban J connectivity index is 2.43. The summed E-state index contributed by atoms with van der Waals surface area (Å²) in [5, 5.41) is 9.48. The number of aliphatic carboxylic acids is 1. The first-order valence-corrected chi connectivity index (χ1v) is 5.31. The molecular formula is C13H12O4. The smallest absolute Gasteiger partial charge is 0.336 e. The molecule has 1 aromatic carbocycles. The lowest BCUT2D eigenvalue weighted by molar-refractivity contribution is -0.136. The zero-order valence-electron chi connectivity index (χ0n) is 9.40. The van der Waals surface area contributed by atoms with Crippen LogP contribution in [0.1, 0.15) is 17.5 Å². The maximum Gasteiger partial charge on any atom is 0.336 e. The van der Waals surface area contributed by atoms with Crippen LogP contribution in [-0.4, -0.2) is 11.1 Å². The highest BCUT2D eigenvalue weighted by Crippen LogP contribution is 2.18. The maximum absolute atomic E-state index is 11.2. The summed E-state index contributed by atoms with van der Waals surface area (Å²) < 4.78 is 5.09. The number of rotatable bonds is 3. The number of fused-ring (bicyclic) bond motifs is 1. The lowest BCUT2D eigenvalue weighted by Gasteiger charge is -2.03. The Morgan fingerprint density at radius 3 is 2.82 bits per heavy atom. The van der Waals surface area contributed by atoms with E-state index in [1.807, 2.05) is 19.1 Å².